The van der Waals surface area contributed by atoms with Crippen LogP contribution < -0.4 is 0 Å². The molecule has 20 heavy (non-hydrogen) atoms. The van der Waals surface area contributed by atoms with E-state index in [-0.39, 0.29) is 35.4 Å². The van der Waals surface area contributed by atoms with Crippen LogP contribution in [0.25, 0.3) is 0 Å². The van der Waals surface area contributed by atoms with Gasteiger partial charge in [-0.15, -0.1) is 6.58 Å². The lowest BCUT2D eigenvalue weighted by molar-refractivity contribution is -0.163. The maximum atomic E-state index is 12.4. The van der Waals surface area contributed by atoms with Crippen LogP contribution in [0.1, 0.15) is 32.6 Å². The molecule has 0 amide bonds. The van der Waals surface area contributed by atoms with E-state index in [1.807, 2.05) is 6.92 Å². The Balaban J connectivity index is 2.41. The number of methoxy groups -OCH3 is 1. The summed E-state index contributed by atoms with van der Waals surface area (Å²) in [5.41, 5.74) is -0.416. The summed E-state index contributed by atoms with van der Waals surface area (Å²) in [6.45, 7) is 5.80. The van der Waals surface area contributed by atoms with Gasteiger partial charge >= 0.3 is 5.97 Å². The summed E-state index contributed by atoms with van der Waals surface area (Å²) in [6.07, 6.45) is 4.99. The number of aldehydes is 1. The average Bonchev–Trinajstić information content (AvgIpc) is 2.45. The summed E-state index contributed by atoms with van der Waals surface area (Å²) in [5, 5.41) is 0. The smallest absolute Gasteiger partial charge is 0.309 e. The van der Waals surface area contributed by atoms with E-state index in [1.165, 1.54) is 7.11 Å². The van der Waals surface area contributed by atoms with Crippen molar-refractivity contribution in [2.45, 2.75) is 32.6 Å². The van der Waals surface area contributed by atoms with Crippen molar-refractivity contribution in [3.05, 3.63) is 12.7 Å². The fourth-order valence-electron chi connectivity index (χ4n) is 4.26. The van der Waals surface area contributed by atoms with Crippen molar-refractivity contribution in [2.24, 2.45) is 29.1 Å². The first kappa shape index (κ1) is 14.9. The van der Waals surface area contributed by atoms with Gasteiger partial charge in [0.05, 0.1) is 13.0 Å². The fourth-order valence-corrected chi connectivity index (χ4v) is 4.26. The summed E-state index contributed by atoms with van der Waals surface area (Å²) >= 11 is 0. The molecule has 0 aromatic rings. The fraction of sp³-hybridized carbons (Fsp3) is 0.688. The van der Waals surface area contributed by atoms with Gasteiger partial charge in [0.1, 0.15) is 12.1 Å². The number of hydrogen-bond acceptors (Lipinski definition) is 4. The van der Waals surface area contributed by atoms with Crippen LogP contribution in [0, 0.1) is 29.1 Å². The molecule has 4 nitrogen and oxygen atoms in total. The minimum absolute atomic E-state index is 0.157. The topological polar surface area (TPSA) is 60.4 Å². The molecule has 0 bridgehead atoms. The molecule has 0 unspecified atom stereocenters. The highest BCUT2D eigenvalue weighted by Gasteiger charge is 2.56. The quantitative estimate of drug-likeness (QED) is 0.451. The highest BCUT2D eigenvalue weighted by Crippen LogP contribution is 2.55. The maximum absolute atomic E-state index is 12.4. The summed E-state index contributed by atoms with van der Waals surface area (Å²) in [5.74, 6) is -0.953. The molecule has 0 aromatic heterocycles. The molecule has 0 aliphatic heterocycles. The molecule has 2 fully saturated rings. The zero-order valence-corrected chi connectivity index (χ0v) is 12.1. The van der Waals surface area contributed by atoms with Crippen molar-refractivity contribution in [1.29, 1.82) is 0 Å². The van der Waals surface area contributed by atoms with Gasteiger partial charge in [-0.05, 0) is 30.6 Å². The normalized spacial score (nSPS) is 40.6. The Hall–Kier alpha value is -1.45. The molecule has 0 saturated heterocycles. The number of allylic oxidation sites excluding steroid dienone is 1. The molecule has 0 N–H and O–H groups in total. The molecule has 2 rings (SSSR count). The second kappa shape index (κ2) is 5.51. The van der Waals surface area contributed by atoms with E-state index >= 15 is 0 Å². The van der Waals surface area contributed by atoms with E-state index < -0.39 is 5.41 Å². The van der Waals surface area contributed by atoms with Crippen LogP contribution in [0.15, 0.2) is 12.7 Å². The Labute approximate surface area is 119 Å². The first-order valence-electron chi connectivity index (χ1n) is 7.18. The van der Waals surface area contributed by atoms with Crippen molar-refractivity contribution in [1.82, 2.24) is 0 Å². The second-order valence-corrected chi connectivity index (χ2v) is 6.22. The molecular weight excluding hydrogens is 256 g/mol. The van der Waals surface area contributed by atoms with Crippen LogP contribution in [0.3, 0.4) is 0 Å². The van der Waals surface area contributed by atoms with E-state index in [0.717, 1.165) is 6.29 Å². The zero-order chi connectivity index (χ0) is 14.9. The van der Waals surface area contributed by atoms with Crippen molar-refractivity contribution in [3.8, 4) is 0 Å². The SMILES string of the molecule is C=C[C@H]1[C@H](C=O)CC[C@]2(C)[C@@H]1C(=O)CC[C@H]2C(=O)OC. The largest absolute Gasteiger partial charge is 0.469 e. The minimum atomic E-state index is -0.416. The zero-order valence-electron chi connectivity index (χ0n) is 12.1. The molecule has 110 valence electrons. The van der Waals surface area contributed by atoms with Gasteiger partial charge < -0.3 is 9.53 Å². The van der Waals surface area contributed by atoms with Crippen molar-refractivity contribution in [2.75, 3.05) is 7.11 Å². The van der Waals surface area contributed by atoms with Crippen LogP contribution >= 0.6 is 0 Å². The third-order valence-corrected chi connectivity index (χ3v) is 5.36. The third-order valence-electron chi connectivity index (χ3n) is 5.36. The summed E-state index contributed by atoms with van der Waals surface area (Å²) in [7, 11) is 1.39. The first-order chi connectivity index (χ1) is 9.49. The van der Waals surface area contributed by atoms with E-state index in [0.29, 0.717) is 25.7 Å². The number of ether oxygens (including phenoxy) is 1. The predicted octanol–water partition coefficient (Wildman–Crippen LogP) is 2.17. The minimum Gasteiger partial charge on any atom is -0.469 e. The van der Waals surface area contributed by atoms with Crippen LogP contribution in [-0.2, 0) is 19.1 Å². The molecule has 2 aliphatic carbocycles. The Morgan fingerprint density at radius 2 is 2.15 bits per heavy atom. The van der Waals surface area contributed by atoms with Crippen molar-refractivity contribution < 1.29 is 19.1 Å². The summed E-state index contributed by atoms with van der Waals surface area (Å²) in [6, 6.07) is 0. The lowest BCUT2D eigenvalue weighted by Gasteiger charge is -2.52. The highest BCUT2D eigenvalue weighted by molar-refractivity contribution is 5.87. The predicted molar refractivity (Wildman–Crippen MR) is 73.8 cm³/mol. The molecule has 0 spiro atoms. The van der Waals surface area contributed by atoms with Crippen LogP contribution in [0.5, 0.6) is 0 Å². The average molecular weight is 278 g/mol. The number of Topliss-reactive ketones (excluding diaryl/α,β-unsaturated/α-hetero) is 1. The third kappa shape index (κ3) is 2.11. The number of hydrogen-bond donors (Lipinski definition) is 0. The Morgan fingerprint density at radius 1 is 1.45 bits per heavy atom. The molecule has 0 radical (unpaired) electrons. The molecule has 2 aliphatic rings. The molecule has 4 heteroatoms. The van der Waals surface area contributed by atoms with Gasteiger partial charge in [0.2, 0.25) is 0 Å². The molecule has 0 heterocycles. The van der Waals surface area contributed by atoms with E-state index in [2.05, 4.69) is 6.58 Å². The molecule has 5 atom stereocenters. The summed E-state index contributed by atoms with van der Waals surface area (Å²) < 4.78 is 4.92. The Morgan fingerprint density at radius 3 is 2.70 bits per heavy atom. The van der Waals surface area contributed by atoms with Crippen LogP contribution in [0.2, 0.25) is 0 Å². The first-order valence-corrected chi connectivity index (χ1v) is 7.18. The van der Waals surface area contributed by atoms with Gasteiger partial charge in [-0.25, -0.2) is 0 Å². The summed E-state index contributed by atoms with van der Waals surface area (Å²) in [4.78, 5) is 35.7. The van der Waals surface area contributed by atoms with Crippen molar-refractivity contribution >= 4 is 18.0 Å². The molecule has 0 aromatic carbocycles. The number of rotatable bonds is 3. The lowest BCUT2D eigenvalue weighted by atomic mass is 9.50. The van der Waals surface area contributed by atoms with Gasteiger partial charge in [0.25, 0.3) is 0 Å². The number of carbonyl (C=O) groups is 3. The van der Waals surface area contributed by atoms with E-state index in [1.54, 1.807) is 6.08 Å². The van der Waals surface area contributed by atoms with Crippen molar-refractivity contribution in [3.63, 3.8) is 0 Å². The molecular formula is C16H22O4. The second-order valence-electron chi connectivity index (χ2n) is 6.22. The number of carbonyl (C=O) groups excluding carboxylic acids is 3. The van der Waals surface area contributed by atoms with Gasteiger partial charge in [0, 0.05) is 18.3 Å². The monoisotopic (exact) mass is 278 g/mol. The number of ketones is 1. The lowest BCUT2D eigenvalue weighted by Crippen LogP contribution is -2.54. The van der Waals surface area contributed by atoms with Gasteiger partial charge in [0.15, 0.2) is 0 Å². The Kier molecular flexibility index (Phi) is 4.11. The van der Waals surface area contributed by atoms with Gasteiger partial charge in [-0.2, -0.15) is 0 Å². The van der Waals surface area contributed by atoms with Crippen LogP contribution in [-0.4, -0.2) is 25.1 Å². The standard InChI is InChI=1S/C16H22O4/c1-4-11-10(9-17)7-8-16(2)12(15(19)20-3)5-6-13(18)14(11)16/h4,9-12,14H,1,5-8H2,2-3H3/t10-,11-,12-,14-,16-/m0/s1. The number of esters is 1. The highest BCUT2D eigenvalue weighted by atomic mass is 16.5. The van der Waals surface area contributed by atoms with E-state index in [4.69, 9.17) is 4.74 Å². The number of fused-ring (bicyclic) bond motifs is 1. The Bertz CT molecular complexity index is 442. The van der Waals surface area contributed by atoms with Crippen LogP contribution in [0.4, 0.5) is 0 Å². The molecule has 2 saturated carbocycles. The van der Waals surface area contributed by atoms with Gasteiger partial charge in [-0.1, -0.05) is 13.0 Å². The van der Waals surface area contributed by atoms with E-state index in [9.17, 15) is 14.4 Å². The van der Waals surface area contributed by atoms with Gasteiger partial charge in [-0.3, -0.25) is 9.59 Å². The maximum Gasteiger partial charge on any atom is 0.309 e.